The van der Waals surface area contributed by atoms with Crippen molar-refractivity contribution in [1.82, 2.24) is 0 Å². The van der Waals surface area contributed by atoms with Gasteiger partial charge in [0.25, 0.3) is 0 Å². The topological polar surface area (TPSA) is 20.2 Å². The lowest BCUT2D eigenvalue weighted by molar-refractivity contribution is 0.488. The van der Waals surface area contributed by atoms with Crippen LogP contribution in [0.25, 0.3) is 0 Å². The fourth-order valence-corrected chi connectivity index (χ4v) is 11.6. The third-order valence-electron chi connectivity index (χ3n) is 11.8. The zero-order chi connectivity index (χ0) is 36.8. The Labute approximate surface area is 320 Å². The number of hydrogen-bond acceptors (Lipinski definition) is 1. The molecule has 0 rings (SSSR count). The summed E-state index contributed by atoms with van der Waals surface area (Å²) in [4.78, 5) is 11.9. The van der Waals surface area contributed by atoms with Gasteiger partial charge in [-0.3, -0.25) is 0 Å². The summed E-state index contributed by atoms with van der Waals surface area (Å²) >= 11 is 0. The van der Waals surface area contributed by atoms with Crippen LogP contribution in [0.3, 0.4) is 0 Å². The van der Waals surface area contributed by atoms with Gasteiger partial charge in [0.05, 0.1) is 0 Å². The second-order valence-corrected chi connectivity index (χ2v) is 22.6. The van der Waals surface area contributed by atoms with Crippen LogP contribution in [0.4, 0.5) is 0 Å². The van der Waals surface area contributed by atoms with Crippen molar-refractivity contribution in [3.63, 3.8) is 0 Å². The smallest absolute Gasteiger partial charge is 0.188 e. The first kappa shape index (κ1) is 50.2. The average molecular weight is 721 g/mol. The summed E-state index contributed by atoms with van der Waals surface area (Å²) in [5.74, 6) is 2.63. The van der Waals surface area contributed by atoms with Crippen molar-refractivity contribution in [3.05, 3.63) is 0 Å². The molecule has 0 aliphatic rings. The molecule has 0 aliphatic carbocycles. The predicted octanol–water partition coefficient (Wildman–Crippen LogP) is 17.9. The molecule has 0 heterocycles. The summed E-state index contributed by atoms with van der Waals surface area (Å²) < 4.78 is 0. The molecule has 0 saturated heterocycles. The van der Waals surface area contributed by atoms with E-state index in [1.54, 1.807) is 0 Å². The lowest BCUT2D eigenvalue weighted by atomic mass is 10.0. The summed E-state index contributed by atoms with van der Waals surface area (Å²) in [5, 5.41) is 0. The van der Waals surface area contributed by atoms with Gasteiger partial charge in [0, 0.05) is 0 Å². The van der Waals surface area contributed by atoms with E-state index >= 15 is 0 Å². The molecule has 0 amide bonds. The van der Waals surface area contributed by atoms with Crippen LogP contribution in [0.2, 0.25) is 18.1 Å². The molecule has 0 aromatic rings. The fourth-order valence-electron chi connectivity index (χ4n) is 8.17. The Hall–Kier alpha value is 0.177. The van der Waals surface area contributed by atoms with Crippen molar-refractivity contribution in [2.24, 2.45) is 17.8 Å². The van der Waals surface area contributed by atoms with Gasteiger partial charge in [-0.1, -0.05) is 273 Å². The molecule has 0 unspecified atom stereocenters. The minimum Gasteiger partial charge on any atom is -0.432 e. The lowest BCUT2D eigenvalue weighted by Crippen LogP contribution is -2.34. The molecular weight excluding hydrogens is 621 g/mol. The molecule has 0 radical (unpaired) electrons. The summed E-state index contributed by atoms with van der Waals surface area (Å²) in [5.41, 5.74) is 0. The first-order valence-electron chi connectivity index (χ1n) is 24.0. The van der Waals surface area contributed by atoms with Crippen LogP contribution in [0.5, 0.6) is 0 Å². The largest absolute Gasteiger partial charge is 0.432 e. The summed E-state index contributed by atoms with van der Waals surface area (Å²) in [6, 6.07) is 3.58. The molecule has 0 aromatic carbocycles. The van der Waals surface area contributed by atoms with Crippen molar-refractivity contribution >= 4 is 8.32 Å². The van der Waals surface area contributed by atoms with Gasteiger partial charge in [-0.15, -0.1) is 0 Å². The first-order chi connectivity index (χ1) is 24.2. The number of hydrogen-bond donors (Lipinski definition) is 1. The Balaban J connectivity index is 4.10. The standard InChI is InChI=1S/C48H100OSi/c1-46(2)40-34-28-22-16-10-7-13-19-25-31-37-43-50(49,44-38-32-26-20-14-8-11-17-23-29-35-41-47(3)4)45-39-33-27-21-15-9-12-18-24-30-36-42-48(5)6/h46-49H,7-45H2,1-6H3. The highest BCUT2D eigenvalue weighted by Gasteiger charge is 2.29. The van der Waals surface area contributed by atoms with E-state index in [4.69, 9.17) is 0 Å². The molecule has 1 N–H and O–H groups in total. The Morgan fingerprint density at radius 1 is 0.240 bits per heavy atom. The quantitative estimate of drug-likeness (QED) is 0.0492. The molecule has 50 heavy (non-hydrogen) atoms. The molecule has 0 aliphatic heterocycles. The van der Waals surface area contributed by atoms with Gasteiger partial charge in [-0.2, -0.15) is 0 Å². The van der Waals surface area contributed by atoms with Crippen molar-refractivity contribution in [3.8, 4) is 0 Å². The summed E-state index contributed by atoms with van der Waals surface area (Å²) in [7, 11) is -2.06. The Kier molecular flexibility index (Phi) is 39.0. The average Bonchev–Trinajstić information content (AvgIpc) is 3.07. The maximum atomic E-state index is 11.9. The Morgan fingerprint density at radius 2 is 0.380 bits per heavy atom. The zero-order valence-corrected chi connectivity index (χ0v) is 37.3. The molecule has 0 saturated carbocycles. The van der Waals surface area contributed by atoms with E-state index in [0.717, 1.165) is 17.8 Å². The maximum Gasteiger partial charge on any atom is 0.188 e. The second-order valence-electron chi connectivity index (χ2n) is 18.7. The van der Waals surface area contributed by atoms with Crippen molar-refractivity contribution in [2.45, 2.75) is 291 Å². The van der Waals surface area contributed by atoms with E-state index in [1.807, 2.05) is 0 Å². The van der Waals surface area contributed by atoms with Gasteiger partial charge in [-0.25, -0.2) is 0 Å². The third kappa shape index (κ3) is 40.9. The van der Waals surface area contributed by atoms with E-state index < -0.39 is 8.32 Å². The highest BCUT2D eigenvalue weighted by molar-refractivity contribution is 6.72. The van der Waals surface area contributed by atoms with E-state index in [2.05, 4.69) is 41.5 Å². The van der Waals surface area contributed by atoms with E-state index in [-0.39, 0.29) is 0 Å². The van der Waals surface area contributed by atoms with Crippen LogP contribution in [0.1, 0.15) is 273 Å². The molecule has 0 fully saturated rings. The molecule has 0 atom stereocenters. The monoisotopic (exact) mass is 721 g/mol. The van der Waals surface area contributed by atoms with Gasteiger partial charge in [0.1, 0.15) is 0 Å². The molecule has 1 nitrogen and oxygen atoms in total. The number of rotatable bonds is 42. The SMILES string of the molecule is CC(C)CCCCCCCCCCCCC[Si](O)(CCCCCCCCCCCCCC(C)C)CCCCCCCCCCCCCC(C)C. The van der Waals surface area contributed by atoms with E-state index in [1.165, 1.54) is 249 Å². The van der Waals surface area contributed by atoms with Crippen molar-refractivity contribution < 1.29 is 4.80 Å². The predicted molar refractivity (Wildman–Crippen MR) is 233 cm³/mol. The highest BCUT2D eigenvalue weighted by atomic mass is 28.4. The van der Waals surface area contributed by atoms with Crippen LogP contribution >= 0.6 is 0 Å². The lowest BCUT2D eigenvalue weighted by Gasteiger charge is -2.25. The van der Waals surface area contributed by atoms with E-state index in [0.29, 0.717) is 0 Å². The maximum absolute atomic E-state index is 11.9. The van der Waals surface area contributed by atoms with E-state index in [9.17, 15) is 4.80 Å². The first-order valence-corrected chi connectivity index (χ1v) is 26.5. The molecule has 0 aromatic heterocycles. The van der Waals surface area contributed by atoms with Gasteiger partial charge in [0.2, 0.25) is 0 Å². The van der Waals surface area contributed by atoms with Gasteiger partial charge < -0.3 is 4.80 Å². The van der Waals surface area contributed by atoms with Crippen LogP contribution in [-0.4, -0.2) is 13.1 Å². The second kappa shape index (κ2) is 38.9. The minimum absolute atomic E-state index is 0.876. The number of unbranched alkanes of at least 4 members (excludes halogenated alkanes) is 30. The van der Waals surface area contributed by atoms with Crippen LogP contribution in [0, 0.1) is 17.8 Å². The Bertz CT molecular complexity index is 544. The highest BCUT2D eigenvalue weighted by Crippen LogP contribution is 2.28. The fraction of sp³-hybridized carbons (Fsp3) is 1.00. The zero-order valence-electron chi connectivity index (χ0n) is 36.3. The summed E-state index contributed by atoms with van der Waals surface area (Å²) in [6.07, 6.45) is 51.0. The van der Waals surface area contributed by atoms with Gasteiger partial charge >= 0.3 is 0 Å². The minimum atomic E-state index is -2.06. The molecule has 0 spiro atoms. The van der Waals surface area contributed by atoms with Crippen molar-refractivity contribution in [1.29, 1.82) is 0 Å². The normalized spacial score (nSPS) is 12.4. The molecule has 302 valence electrons. The van der Waals surface area contributed by atoms with Crippen LogP contribution in [-0.2, 0) is 0 Å². The molecule has 0 bridgehead atoms. The molecular formula is C48H100OSi. The molecule has 2 heteroatoms. The van der Waals surface area contributed by atoms with Gasteiger partial charge in [-0.05, 0) is 35.9 Å². The van der Waals surface area contributed by atoms with Crippen LogP contribution < -0.4 is 0 Å². The third-order valence-corrected chi connectivity index (χ3v) is 15.6. The Morgan fingerprint density at radius 3 is 0.540 bits per heavy atom. The van der Waals surface area contributed by atoms with Crippen LogP contribution in [0.15, 0.2) is 0 Å². The summed E-state index contributed by atoms with van der Waals surface area (Å²) in [6.45, 7) is 14.1. The van der Waals surface area contributed by atoms with Gasteiger partial charge in [0.15, 0.2) is 8.32 Å². The van der Waals surface area contributed by atoms with Crippen molar-refractivity contribution in [2.75, 3.05) is 0 Å².